The molecule has 0 N–H and O–H groups in total. The highest BCUT2D eigenvalue weighted by molar-refractivity contribution is 6.08. The van der Waals surface area contributed by atoms with Gasteiger partial charge < -0.3 is 9.47 Å². The molecule has 0 aromatic heterocycles. The molecule has 7 rings (SSSR count). The number of hydrogen-bond acceptors (Lipinski definition) is 6. The van der Waals surface area contributed by atoms with Crippen molar-refractivity contribution in [2.24, 2.45) is 35.5 Å². The first-order chi connectivity index (χ1) is 16.0. The van der Waals surface area contributed by atoms with E-state index in [9.17, 15) is 19.2 Å². The Morgan fingerprint density at radius 3 is 2.09 bits per heavy atom. The molecule has 4 aliphatic carbocycles. The minimum Gasteiger partial charge on any atom is -0.424 e. The number of rotatable bonds is 5. The zero-order valence-electron chi connectivity index (χ0n) is 17.6. The highest BCUT2D eigenvalue weighted by Crippen LogP contribution is 2.65. The monoisotopic (exact) mass is 443 g/mol. The van der Waals surface area contributed by atoms with E-state index in [4.69, 9.17) is 9.47 Å². The molecular weight excluding hydrogens is 422 g/mol. The quantitative estimate of drug-likeness (QED) is 0.306. The lowest BCUT2D eigenvalue weighted by Crippen LogP contribution is -2.40. The van der Waals surface area contributed by atoms with Crippen molar-refractivity contribution in [3.63, 3.8) is 0 Å². The van der Waals surface area contributed by atoms with Crippen molar-refractivity contribution in [1.29, 1.82) is 0 Å². The SMILES string of the molecule is O=C(CN1C(=O)[C@@H]2[C@H]3C=C[C@H]([C@H]4C[C@H]34)[C@@H]2C1=O)Oc1ccccc1C(=O)Oc1ccccc1. The van der Waals surface area contributed by atoms with Gasteiger partial charge in [0.25, 0.3) is 0 Å². The summed E-state index contributed by atoms with van der Waals surface area (Å²) >= 11 is 0. The lowest BCUT2D eigenvalue weighted by molar-refractivity contribution is -0.148. The van der Waals surface area contributed by atoms with Crippen LogP contribution in [0.4, 0.5) is 0 Å². The standard InChI is InChI=1S/C26H21NO6/c28-21(33-20-9-5-4-8-17(20)26(31)32-14-6-2-1-3-7-14)13-27-24(29)22-15-10-11-16(19-12-18(15)19)23(22)25(27)30/h1-11,15-16,18-19,22-23H,12-13H2/t15-,16+,18-,19-,22+,23-/m1/s1. The average molecular weight is 443 g/mol. The first-order valence-corrected chi connectivity index (χ1v) is 11.1. The van der Waals surface area contributed by atoms with Gasteiger partial charge in [-0.3, -0.25) is 14.5 Å². The van der Waals surface area contributed by atoms with Crippen LogP contribution < -0.4 is 9.47 Å². The fourth-order valence-corrected chi connectivity index (χ4v) is 5.83. The number of likely N-dealkylation sites (tertiary alicyclic amines) is 1. The molecule has 6 atom stereocenters. The number of amides is 2. The van der Waals surface area contributed by atoms with Gasteiger partial charge in [-0.15, -0.1) is 0 Å². The van der Waals surface area contributed by atoms with Crippen molar-refractivity contribution >= 4 is 23.8 Å². The van der Waals surface area contributed by atoms with Gasteiger partial charge in [-0.25, -0.2) is 9.59 Å². The molecule has 5 aliphatic rings. The Bertz CT molecular complexity index is 1170. The molecule has 2 aromatic carbocycles. The summed E-state index contributed by atoms with van der Waals surface area (Å²) < 4.78 is 10.8. The molecule has 2 aromatic rings. The lowest BCUT2D eigenvalue weighted by Gasteiger charge is -2.37. The van der Waals surface area contributed by atoms with Crippen LogP contribution in [-0.2, 0) is 14.4 Å². The zero-order chi connectivity index (χ0) is 22.7. The van der Waals surface area contributed by atoms with E-state index in [2.05, 4.69) is 12.2 Å². The molecule has 2 bridgehead atoms. The number of allylic oxidation sites excluding steroid dienone is 2. The van der Waals surface area contributed by atoms with Crippen LogP contribution >= 0.6 is 0 Å². The van der Waals surface area contributed by atoms with Crippen molar-refractivity contribution in [2.45, 2.75) is 6.42 Å². The largest absolute Gasteiger partial charge is 0.424 e. The van der Waals surface area contributed by atoms with Gasteiger partial charge in [-0.05, 0) is 54.4 Å². The maximum atomic E-state index is 13.1. The second-order valence-corrected chi connectivity index (χ2v) is 9.09. The van der Waals surface area contributed by atoms with Gasteiger partial charge in [0, 0.05) is 0 Å². The van der Waals surface area contributed by atoms with Crippen molar-refractivity contribution in [2.75, 3.05) is 6.54 Å². The average Bonchev–Trinajstić information content (AvgIpc) is 3.61. The third kappa shape index (κ3) is 3.18. The van der Waals surface area contributed by atoms with Crippen LogP contribution in [-0.4, -0.2) is 35.2 Å². The van der Waals surface area contributed by atoms with Gasteiger partial charge >= 0.3 is 11.9 Å². The van der Waals surface area contributed by atoms with Crippen LogP contribution in [0.15, 0.2) is 66.7 Å². The number of para-hydroxylation sites is 2. The molecule has 1 heterocycles. The summed E-state index contributed by atoms with van der Waals surface area (Å²) in [6.07, 6.45) is 5.25. The van der Waals surface area contributed by atoms with E-state index < -0.39 is 18.5 Å². The molecule has 1 saturated heterocycles. The topological polar surface area (TPSA) is 90.0 Å². The smallest absolute Gasteiger partial charge is 0.347 e. The van der Waals surface area contributed by atoms with Gasteiger partial charge in [-0.2, -0.15) is 0 Å². The van der Waals surface area contributed by atoms with Crippen molar-refractivity contribution < 1.29 is 28.7 Å². The number of esters is 2. The molecule has 3 fully saturated rings. The van der Waals surface area contributed by atoms with Crippen LogP contribution in [0.1, 0.15) is 16.8 Å². The first-order valence-electron chi connectivity index (χ1n) is 11.1. The number of carbonyl (C=O) groups is 4. The van der Waals surface area contributed by atoms with E-state index in [0.29, 0.717) is 17.6 Å². The lowest BCUT2D eigenvalue weighted by atomic mass is 9.63. The Hall–Kier alpha value is -3.74. The number of ether oxygens (including phenoxy) is 2. The fraction of sp³-hybridized carbons (Fsp3) is 0.308. The van der Waals surface area contributed by atoms with E-state index in [1.807, 2.05) is 0 Å². The minimum absolute atomic E-state index is 0.0166. The molecule has 7 nitrogen and oxygen atoms in total. The number of benzene rings is 2. The van der Waals surface area contributed by atoms with Crippen LogP contribution in [0, 0.1) is 35.5 Å². The molecule has 7 heteroatoms. The van der Waals surface area contributed by atoms with E-state index in [1.54, 1.807) is 42.5 Å². The first kappa shape index (κ1) is 19.9. The molecule has 2 saturated carbocycles. The third-order valence-corrected chi connectivity index (χ3v) is 7.33. The predicted octanol–water partition coefficient (Wildman–Crippen LogP) is 2.86. The Kier molecular flexibility index (Phi) is 4.47. The summed E-state index contributed by atoms with van der Waals surface area (Å²) in [6.45, 7) is -0.471. The Morgan fingerprint density at radius 2 is 1.42 bits per heavy atom. The molecular formula is C26H21NO6. The van der Waals surface area contributed by atoms with Crippen LogP contribution in [0.25, 0.3) is 0 Å². The second-order valence-electron chi connectivity index (χ2n) is 9.09. The summed E-state index contributed by atoms with van der Waals surface area (Å²) in [7, 11) is 0. The van der Waals surface area contributed by atoms with E-state index in [-0.39, 0.29) is 46.8 Å². The minimum atomic E-state index is -0.777. The van der Waals surface area contributed by atoms with Gasteiger partial charge in [0.2, 0.25) is 11.8 Å². The van der Waals surface area contributed by atoms with Crippen molar-refractivity contribution in [3.8, 4) is 11.5 Å². The molecule has 2 amide bonds. The zero-order valence-corrected chi connectivity index (χ0v) is 17.6. The number of nitrogens with zero attached hydrogens (tertiary/aromatic N) is 1. The Balaban J connectivity index is 1.16. The van der Waals surface area contributed by atoms with Crippen LogP contribution in [0.3, 0.4) is 0 Å². The maximum absolute atomic E-state index is 13.1. The van der Waals surface area contributed by atoms with Crippen molar-refractivity contribution in [3.05, 3.63) is 72.3 Å². The maximum Gasteiger partial charge on any atom is 0.347 e. The summed E-state index contributed by atoms with van der Waals surface area (Å²) in [4.78, 5) is 52.5. The highest BCUT2D eigenvalue weighted by atomic mass is 16.6. The summed E-state index contributed by atoms with van der Waals surface area (Å²) in [5, 5.41) is 0. The second kappa shape index (κ2) is 7.40. The van der Waals surface area contributed by atoms with Gasteiger partial charge in [-0.1, -0.05) is 42.5 Å². The highest BCUT2D eigenvalue weighted by Gasteiger charge is 2.67. The fourth-order valence-electron chi connectivity index (χ4n) is 5.83. The predicted molar refractivity (Wildman–Crippen MR) is 115 cm³/mol. The Labute approximate surface area is 190 Å². The third-order valence-electron chi connectivity index (χ3n) is 7.33. The number of hydrogen-bond donors (Lipinski definition) is 0. The normalized spacial score (nSPS) is 30.6. The van der Waals surface area contributed by atoms with Crippen molar-refractivity contribution in [1.82, 2.24) is 4.90 Å². The number of imide groups is 1. The summed E-state index contributed by atoms with van der Waals surface area (Å²) in [5.41, 5.74) is 0.0739. The van der Waals surface area contributed by atoms with Gasteiger partial charge in [0.1, 0.15) is 23.6 Å². The molecule has 33 heavy (non-hydrogen) atoms. The molecule has 0 spiro atoms. The Morgan fingerprint density at radius 1 is 0.818 bits per heavy atom. The van der Waals surface area contributed by atoms with Crippen LogP contribution in [0.2, 0.25) is 0 Å². The van der Waals surface area contributed by atoms with E-state index in [0.717, 1.165) is 11.3 Å². The molecule has 0 unspecified atom stereocenters. The van der Waals surface area contributed by atoms with Gasteiger partial charge in [0.05, 0.1) is 11.8 Å². The molecule has 1 aliphatic heterocycles. The van der Waals surface area contributed by atoms with E-state index >= 15 is 0 Å². The van der Waals surface area contributed by atoms with Crippen LogP contribution in [0.5, 0.6) is 11.5 Å². The van der Waals surface area contributed by atoms with Gasteiger partial charge in [0.15, 0.2) is 0 Å². The summed E-state index contributed by atoms with van der Waals surface area (Å²) in [5.74, 6) is -1.21. The van der Waals surface area contributed by atoms with E-state index in [1.165, 1.54) is 12.1 Å². The molecule has 0 radical (unpaired) electrons. The summed E-state index contributed by atoms with van der Waals surface area (Å²) in [6, 6.07) is 14.8. The molecule has 166 valence electrons. The number of carbonyl (C=O) groups excluding carboxylic acids is 4.